The number of benzene rings is 1. The molecule has 7 heteroatoms. The highest BCUT2D eigenvalue weighted by atomic mass is 19.2. The third-order valence-electron chi connectivity index (χ3n) is 2.95. The zero-order valence-corrected chi connectivity index (χ0v) is 12.1. The fourth-order valence-electron chi connectivity index (χ4n) is 1.86. The summed E-state index contributed by atoms with van der Waals surface area (Å²) in [4.78, 5) is 23.4. The number of nitriles is 1. The van der Waals surface area contributed by atoms with Crippen LogP contribution in [-0.2, 0) is 20.7 Å². The van der Waals surface area contributed by atoms with Crippen LogP contribution in [0.25, 0.3) is 0 Å². The molecule has 1 amide bonds. The molecule has 0 radical (unpaired) electrons. The minimum absolute atomic E-state index is 0.192. The van der Waals surface area contributed by atoms with Crippen molar-refractivity contribution < 1.29 is 23.1 Å². The fourth-order valence-corrected chi connectivity index (χ4v) is 1.86. The van der Waals surface area contributed by atoms with Gasteiger partial charge in [-0.1, -0.05) is 6.07 Å². The van der Waals surface area contributed by atoms with Gasteiger partial charge in [0.1, 0.15) is 6.04 Å². The highest BCUT2D eigenvalue weighted by Gasteiger charge is 2.21. The molecule has 118 valence electrons. The lowest BCUT2D eigenvalue weighted by molar-refractivity contribution is -0.145. The minimum atomic E-state index is -1.04. The molecule has 0 heterocycles. The number of carbonyl (C=O) groups excluding carboxylic acids is 2. The van der Waals surface area contributed by atoms with Gasteiger partial charge in [-0.3, -0.25) is 4.79 Å². The van der Waals surface area contributed by atoms with Crippen molar-refractivity contribution in [3.63, 3.8) is 0 Å². The van der Waals surface area contributed by atoms with E-state index in [1.807, 2.05) is 6.07 Å². The number of carbonyl (C=O) groups is 2. The van der Waals surface area contributed by atoms with E-state index in [0.717, 1.165) is 12.1 Å². The Hall–Kier alpha value is -2.49. The van der Waals surface area contributed by atoms with E-state index in [4.69, 9.17) is 5.26 Å². The molecule has 1 aromatic carbocycles. The number of unbranched alkanes of at least 4 members (excludes halogenated alkanes) is 1. The third-order valence-corrected chi connectivity index (χ3v) is 2.95. The molecule has 0 saturated carbocycles. The van der Waals surface area contributed by atoms with E-state index >= 15 is 0 Å². The Labute approximate surface area is 126 Å². The standard InChI is InChI=1S/C15H16F2N2O3/c1-22-15(21)13(4-2-3-7-18)19-14(20)9-10-5-6-11(16)12(17)8-10/h5-6,8,13H,2-4,9H2,1H3,(H,19,20)/t13-/m0/s1. The van der Waals surface area contributed by atoms with Gasteiger partial charge < -0.3 is 10.1 Å². The summed E-state index contributed by atoms with van der Waals surface area (Å²) in [6.45, 7) is 0. The Morgan fingerprint density at radius 3 is 2.68 bits per heavy atom. The molecule has 0 spiro atoms. The number of halogens is 2. The van der Waals surface area contributed by atoms with Crippen LogP contribution in [0.2, 0.25) is 0 Å². The number of rotatable bonds is 7. The summed E-state index contributed by atoms with van der Waals surface area (Å²) in [6.07, 6.45) is 0.765. The van der Waals surface area contributed by atoms with E-state index in [1.54, 1.807) is 0 Å². The minimum Gasteiger partial charge on any atom is -0.467 e. The van der Waals surface area contributed by atoms with Crippen LogP contribution in [0, 0.1) is 23.0 Å². The summed E-state index contributed by atoms with van der Waals surface area (Å²) in [6, 6.07) is 4.23. The molecular weight excluding hydrogens is 294 g/mol. The Morgan fingerprint density at radius 2 is 2.09 bits per heavy atom. The van der Waals surface area contributed by atoms with Crippen molar-refractivity contribution >= 4 is 11.9 Å². The van der Waals surface area contributed by atoms with E-state index in [-0.39, 0.29) is 24.8 Å². The summed E-state index contributed by atoms with van der Waals surface area (Å²) in [5.74, 6) is -3.16. The zero-order valence-electron chi connectivity index (χ0n) is 12.1. The first kappa shape index (κ1) is 17.6. The summed E-state index contributed by atoms with van der Waals surface area (Å²) >= 11 is 0. The first-order valence-corrected chi connectivity index (χ1v) is 6.66. The van der Waals surface area contributed by atoms with Gasteiger partial charge in [0, 0.05) is 6.42 Å². The van der Waals surface area contributed by atoms with Crippen LogP contribution in [0.3, 0.4) is 0 Å². The van der Waals surface area contributed by atoms with Gasteiger partial charge in [0.2, 0.25) is 5.91 Å². The maximum Gasteiger partial charge on any atom is 0.328 e. The molecule has 0 bridgehead atoms. The summed E-state index contributed by atoms with van der Waals surface area (Å²) in [7, 11) is 1.20. The average Bonchev–Trinajstić information content (AvgIpc) is 2.49. The summed E-state index contributed by atoms with van der Waals surface area (Å²) < 4.78 is 30.5. The Morgan fingerprint density at radius 1 is 1.36 bits per heavy atom. The first-order valence-electron chi connectivity index (χ1n) is 6.66. The normalized spacial score (nSPS) is 11.4. The van der Waals surface area contributed by atoms with Gasteiger partial charge in [-0.2, -0.15) is 5.26 Å². The van der Waals surface area contributed by atoms with Crippen LogP contribution in [0.1, 0.15) is 24.8 Å². The lowest BCUT2D eigenvalue weighted by Gasteiger charge is -2.16. The van der Waals surface area contributed by atoms with Crippen molar-refractivity contribution in [2.75, 3.05) is 7.11 Å². The van der Waals surface area contributed by atoms with Crippen molar-refractivity contribution in [2.24, 2.45) is 0 Å². The van der Waals surface area contributed by atoms with Crippen molar-refractivity contribution in [3.05, 3.63) is 35.4 Å². The van der Waals surface area contributed by atoms with Gasteiger partial charge >= 0.3 is 5.97 Å². The van der Waals surface area contributed by atoms with Crippen molar-refractivity contribution in [3.8, 4) is 6.07 Å². The molecule has 1 aromatic rings. The van der Waals surface area contributed by atoms with E-state index in [0.29, 0.717) is 6.42 Å². The molecule has 1 N–H and O–H groups in total. The average molecular weight is 310 g/mol. The van der Waals surface area contributed by atoms with Gasteiger partial charge in [-0.15, -0.1) is 0 Å². The second-order valence-corrected chi connectivity index (χ2v) is 4.62. The number of ether oxygens (including phenoxy) is 1. The van der Waals surface area contributed by atoms with E-state index in [2.05, 4.69) is 10.1 Å². The Bertz CT molecular complexity index is 585. The van der Waals surface area contributed by atoms with Crippen molar-refractivity contribution in [1.29, 1.82) is 5.26 Å². The largest absolute Gasteiger partial charge is 0.467 e. The van der Waals surface area contributed by atoms with Crippen LogP contribution >= 0.6 is 0 Å². The summed E-state index contributed by atoms with van der Waals surface area (Å²) in [5, 5.41) is 11.0. The van der Waals surface area contributed by atoms with E-state index in [1.165, 1.54) is 13.2 Å². The zero-order chi connectivity index (χ0) is 16.5. The number of amides is 1. The lowest BCUT2D eigenvalue weighted by atomic mass is 10.1. The maximum atomic E-state index is 13.1. The van der Waals surface area contributed by atoms with Crippen LogP contribution in [-0.4, -0.2) is 25.0 Å². The molecule has 0 aliphatic heterocycles. The predicted molar refractivity (Wildman–Crippen MR) is 73.5 cm³/mol. The molecule has 0 aliphatic carbocycles. The molecule has 1 rings (SSSR count). The number of nitrogens with one attached hydrogen (secondary N) is 1. The Balaban J connectivity index is 2.63. The van der Waals surface area contributed by atoms with Gasteiger partial charge in [-0.25, -0.2) is 13.6 Å². The molecule has 0 unspecified atom stereocenters. The number of methoxy groups -OCH3 is 1. The van der Waals surface area contributed by atoms with Crippen LogP contribution in [0.5, 0.6) is 0 Å². The van der Waals surface area contributed by atoms with Crippen LogP contribution in [0.4, 0.5) is 8.78 Å². The number of nitrogens with zero attached hydrogens (tertiary/aromatic N) is 1. The molecule has 5 nitrogen and oxygen atoms in total. The molecular formula is C15H16F2N2O3. The van der Waals surface area contributed by atoms with Gasteiger partial charge in [0.15, 0.2) is 11.6 Å². The molecule has 0 aliphatic rings. The van der Waals surface area contributed by atoms with E-state index < -0.39 is 29.6 Å². The molecule has 1 atom stereocenters. The SMILES string of the molecule is COC(=O)[C@H](CCCC#N)NC(=O)Cc1ccc(F)c(F)c1. The molecule has 0 saturated heterocycles. The fraction of sp³-hybridized carbons (Fsp3) is 0.400. The van der Waals surface area contributed by atoms with Gasteiger partial charge in [0.05, 0.1) is 19.6 Å². The van der Waals surface area contributed by atoms with Gasteiger partial charge in [0.25, 0.3) is 0 Å². The topological polar surface area (TPSA) is 79.2 Å². The quantitative estimate of drug-likeness (QED) is 0.616. The molecule has 0 aromatic heterocycles. The third kappa shape index (κ3) is 5.48. The van der Waals surface area contributed by atoms with Gasteiger partial charge in [-0.05, 0) is 30.5 Å². The smallest absolute Gasteiger partial charge is 0.328 e. The first-order chi connectivity index (χ1) is 10.5. The highest BCUT2D eigenvalue weighted by molar-refractivity contribution is 5.85. The van der Waals surface area contributed by atoms with Crippen molar-refractivity contribution in [1.82, 2.24) is 5.32 Å². The van der Waals surface area contributed by atoms with E-state index in [9.17, 15) is 18.4 Å². The lowest BCUT2D eigenvalue weighted by Crippen LogP contribution is -2.42. The van der Waals surface area contributed by atoms with Crippen molar-refractivity contribution in [2.45, 2.75) is 31.7 Å². The monoisotopic (exact) mass is 310 g/mol. The molecule has 22 heavy (non-hydrogen) atoms. The maximum absolute atomic E-state index is 13.1. The summed E-state index contributed by atoms with van der Waals surface area (Å²) in [5.41, 5.74) is 0.289. The second-order valence-electron chi connectivity index (χ2n) is 4.62. The number of hydrogen-bond donors (Lipinski definition) is 1. The predicted octanol–water partition coefficient (Wildman–Crippen LogP) is 1.86. The molecule has 0 fully saturated rings. The van der Waals surface area contributed by atoms with Crippen LogP contribution in [0.15, 0.2) is 18.2 Å². The van der Waals surface area contributed by atoms with Crippen LogP contribution < -0.4 is 5.32 Å². The Kier molecular flexibility index (Phi) is 6.96. The highest BCUT2D eigenvalue weighted by Crippen LogP contribution is 2.10. The second kappa shape index (κ2) is 8.72. The number of esters is 1. The number of hydrogen-bond acceptors (Lipinski definition) is 4.